The van der Waals surface area contributed by atoms with Crippen LogP contribution in [0.1, 0.15) is 47.5 Å². The van der Waals surface area contributed by atoms with Crippen LogP contribution in [0.15, 0.2) is 0 Å². The molecule has 1 fully saturated rings. The van der Waals surface area contributed by atoms with Crippen LogP contribution < -0.4 is 5.73 Å². The van der Waals surface area contributed by atoms with E-state index in [1.807, 2.05) is 39.5 Å². The van der Waals surface area contributed by atoms with Crippen molar-refractivity contribution in [3.8, 4) is 0 Å². The van der Waals surface area contributed by atoms with Crippen molar-refractivity contribution in [2.45, 2.75) is 59.1 Å². The first-order valence-electron chi connectivity index (χ1n) is 8.15. The van der Waals surface area contributed by atoms with Gasteiger partial charge in [0.15, 0.2) is 0 Å². The smallest absolute Gasteiger partial charge is 0.410 e. The number of likely N-dealkylation sites (tertiary alicyclic amines) is 1. The van der Waals surface area contributed by atoms with E-state index < -0.39 is 5.60 Å². The summed E-state index contributed by atoms with van der Waals surface area (Å²) in [6.45, 7) is 14.4. The maximum atomic E-state index is 12.4. The maximum absolute atomic E-state index is 12.4. The molecule has 1 saturated heterocycles. The van der Waals surface area contributed by atoms with Gasteiger partial charge in [-0.25, -0.2) is 4.79 Å². The van der Waals surface area contributed by atoms with Crippen molar-refractivity contribution >= 4 is 6.09 Å². The number of rotatable bonds is 5. The fourth-order valence-corrected chi connectivity index (χ4v) is 2.78. The van der Waals surface area contributed by atoms with Gasteiger partial charge in [0, 0.05) is 32.2 Å². The number of nitrogens with zero attached hydrogens (tertiary/aromatic N) is 2. The summed E-state index contributed by atoms with van der Waals surface area (Å²) in [7, 11) is 0. The number of amides is 1. The lowest BCUT2D eigenvalue weighted by atomic mass is 9.97. The van der Waals surface area contributed by atoms with Gasteiger partial charge in [0.05, 0.1) is 0 Å². The molecule has 1 amide bonds. The molecule has 0 spiro atoms. The van der Waals surface area contributed by atoms with Gasteiger partial charge in [0.2, 0.25) is 0 Å². The van der Waals surface area contributed by atoms with Gasteiger partial charge >= 0.3 is 6.09 Å². The van der Waals surface area contributed by atoms with Gasteiger partial charge in [-0.3, -0.25) is 0 Å². The van der Waals surface area contributed by atoms with E-state index in [1.54, 1.807) is 0 Å². The van der Waals surface area contributed by atoms with E-state index in [0.29, 0.717) is 12.5 Å². The monoisotopic (exact) mass is 299 g/mol. The lowest BCUT2D eigenvalue weighted by Crippen LogP contribution is -2.47. The minimum absolute atomic E-state index is 0.157. The number of carbonyl (C=O) groups is 1. The van der Waals surface area contributed by atoms with Gasteiger partial charge in [0.25, 0.3) is 0 Å². The lowest BCUT2D eigenvalue weighted by Gasteiger charge is -2.37. The highest BCUT2D eigenvalue weighted by Gasteiger charge is 2.28. The minimum atomic E-state index is -0.442. The highest BCUT2D eigenvalue weighted by Crippen LogP contribution is 2.20. The summed E-state index contributed by atoms with van der Waals surface area (Å²) in [4.78, 5) is 16.6. The molecule has 0 bridgehead atoms. The quantitative estimate of drug-likeness (QED) is 0.846. The van der Waals surface area contributed by atoms with Crippen LogP contribution in [0.25, 0.3) is 0 Å². The molecule has 0 aliphatic carbocycles. The summed E-state index contributed by atoms with van der Waals surface area (Å²) >= 11 is 0. The fourth-order valence-electron chi connectivity index (χ4n) is 2.78. The Hall–Kier alpha value is -0.810. The Morgan fingerprint density at radius 1 is 1.43 bits per heavy atom. The van der Waals surface area contributed by atoms with E-state index in [1.165, 1.54) is 12.8 Å². The summed E-state index contributed by atoms with van der Waals surface area (Å²) in [5, 5.41) is 0. The Morgan fingerprint density at radius 3 is 2.62 bits per heavy atom. The maximum Gasteiger partial charge on any atom is 0.410 e. The van der Waals surface area contributed by atoms with Crippen molar-refractivity contribution in [1.82, 2.24) is 9.80 Å². The third kappa shape index (κ3) is 6.66. The number of nitrogens with two attached hydrogens (primary N) is 1. The van der Waals surface area contributed by atoms with Crippen molar-refractivity contribution in [2.24, 2.45) is 11.7 Å². The van der Waals surface area contributed by atoms with Crippen LogP contribution >= 0.6 is 0 Å². The Morgan fingerprint density at radius 2 is 2.10 bits per heavy atom. The van der Waals surface area contributed by atoms with Gasteiger partial charge in [0.1, 0.15) is 5.60 Å². The third-order valence-electron chi connectivity index (χ3n) is 3.75. The predicted molar refractivity (Wildman–Crippen MR) is 86.3 cm³/mol. The average molecular weight is 299 g/mol. The van der Waals surface area contributed by atoms with Crippen molar-refractivity contribution in [3.05, 3.63) is 0 Å². The molecule has 1 aliphatic rings. The van der Waals surface area contributed by atoms with Gasteiger partial charge in [-0.1, -0.05) is 0 Å². The van der Waals surface area contributed by atoms with Crippen molar-refractivity contribution in [3.63, 3.8) is 0 Å². The molecule has 1 aliphatic heterocycles. The second-order valence-corrected chi connectivity index (χ2v) is 7.32. The molecular weight excluding hydrogens is 266 g/mol. The second-order valence-electron chi connectivity index (χ2n) is 7.32. The summed E-state index contributed by atoms with van der Waals surface area (Å²) in [6.07, 6.45) is 2.16. The first-order chi connectivity index (χ1) is 9.73. The average Bonchev–Trinajstić information content (AvgIpc) is 2.34. The Labute approximate surface area is 129 Å². The SMILES string of the molecule is CC(C)N(C[C@H]1CCCN(CCN)C1)C(=O)OC(C)(C)C. The highest BCUT2D eigenvalue weighted by atomic mass is 16.6. The molecule has 0 unspecified atom stereocenters. The van der Waals surface area contributed by atoms with Crippen molar-refractivity contribution in [2.75, 3.05) is 32.7 Å². The highest BCUT2D eigenvalue weighted by molar-refractivity contribution is 5.68. The zero-order chi connectivity index (χ0) is 16.0. The zero-order valence-electron chi connectivity index (χ0n) is 14.4. The zero-order valence-corrected chi connectivity index (χ0v) is 14.4. The molecule has 1 heterocycles. The molecule has 21 heavy (non-hydrogen) atoms. The van der Waals surface area contributed by atoms with E-state index in [4.69, 9.17) is 10.5 Å². The lowest BCUT2D eigenvalue weighted by molar-refractivity contribution is 0.0121. The summed E-state index contributed by atoms with van der Waals surface area (Å²) in [5.41, 5.74) is 5.20. The van der Waals surface area contributed by atoms with Gasteiger partial charge in [-0.2, -0.15) is 0 Å². The van der Waals surface area contributed by atoms with Gasteiger partial charge in [-0.05, 0) is 59.9 Å². The van der Waals surface area contributed by atoms with Gasteiger partial charge < -0.3 is 20.3 Å². The normalized spacial score (nSPS) is 20.6. The Bertz CT molecular complexity index is 324. The van der Waals surface area contributed by atoms with E-state index in [-0.39, 0.29) is 12.1 Å². The molecule has 0 radical (unpaired) electrons. The summed E-state index contributed by atoms with van der Waals surface area (Å²) < 4.78 is 5.53. The molecule has 0 aromatic rings. The van der Waals surface area contributed by atoms with Crippen LogP contribution in [0, 0.1) is 5.92 Å². The molecule has 0 aromatic carbocycles. The number of hydrogen-bond acceptors (Lipinski definition) is 4. The number of hydrogen-bond donors (Lipinski definition) is 1. The van der Waals surface area contributed by atoms with E-state index in [0.717, 1.165) is 26.2 Å². The topological polar surface area (TPSA) is 58.8 Å². The molecule has 5 nitrogen and oxygen atoms in total. The van der Waals surface area contributed by atoms with Crippen LogP contribution in [0.4, 0.5) is 4.79 Å². The van der Waals surface area contributed by atoms with Crippen molar-refractivity contribution in [1.29, 1.82) is 0 Å². The van der Waals surface area contributed by atoms with E-state index >= 15 is 0 Å². The van der Waals surface area contributed by atoms with Crippen LogP contribution in [-0.2, 0) is 4.74 Å². The van der Waals surface area contributed by atoms with Crippen LogP contribution in [0.3, 0.4) is 0 Å². The van der Waals surface area contributed by atoms with E-state index in [9.17, 15) is 4.79 Å². The molecule has 1 atom stereocenters. The second kappa shape index (κ2) is 7.99. The van der Waals surface area contributed by atoms with Crippen LogP contribution in [-0.4, -0.2) is 60.3 Å². The molecule has 0 saturated carbocycles. The largest absolute Gasteiger partial charge is 0.444 e. The molecule has 5 heteroatoms. The van der Waals surface area contributed by atoms with E-state index in [2.05, 4.69) is 4.90 Å². The minimum Gasteiger partial charge on any atom is -0.444 e. The molecule has 0 aromatic heterocycles. The van der Waals surface area contributed by atoms with Gasteiger partial charge in [-0.15, -0.1) is 0 Å². The number of ether oxygens (including phenoxy) is 1. The first kappa shape index (κ1) is 18.2. The fraction of sp³-hybridized carbons (Fsp3) is 0.938. The molecule has 124 valence electrons. The molecule has 1 rings (SSSR count). The third-order valence-corrected chi connectivity index (χ3v) is 3.75. The summed E-state index contributed by atoms with van der Waals surface area (Å²) in [6, 6.07) is 0.157. The predicted octanol–water partition coefficient (Wildman–Crippen LogP) is 2.30. The van der Waals surface area contributed by atoms with Crippen LogP contribution in [0.5, 0.6) is 0 Å². The Balaban J connectivity index is 2.59. The number of piperidine rings is 1. The molecular formula is C16H33N3O2. The Kier molecular flexibility index (Phi) is 6.94. The number of carbonyl (C=O) groups excluding carboxylic acids is 1. The van der Waals surface area contributed by atoms with Crippen molar-refractivity contribution < 1.29 is 9.53 Å². The standard InChI is InChI=1S/C16H33N3O2/c1-13(2)19(15(20)21-16(3,4)5)12-14-7-6-9-18(11-14)10-8-17/h13-14H,6-12,17H2,1-5H3/t14-/m0/s1. The molecule has 2 N–H and O–H groups in total. The van der Waals surface area contributed by atoms with Crippen LogP contribution in [0.2, 0.25) is 0 Å². The first-order valence-corrected chi connectivity index (χ1v) is 8.15. The summed E-state index contributed by atoms with van der Waals surface area (Å²) in [5.74, 6) is 0.514.